The maximum absolute atomic E-state index is 11.3. The number of carbonyl (C=O) groups excluding carboxylic acids is 1. The average Bonchev–Trinajstić information content (AvgIpc) is 2.12. The van der Waals surface area contributed by atoms with Gasteiger partial charge in [-0.1, -0.05) is 23.2 Å². The van der Waals surface area contributed by atoms with E-state index in [0.717, 1.165) is 0 Å². The SMILES string of the molecule is O=C(CNC(=O)O)Cc1cc(Cl)cc(Cl)c1. The van der Waals surface area contributed by atoms with Gasteiger partial charge in [0.2, 0.25) is 0 Å². The van der Waals surface area contributed by atoms with Crippen LogP contribution in [0.3, 0.4) is 0 Å². The number of Topliss-reactive ketones (excluding diaryl/α,β-unsaturated/α-hetero) is 1. The van der Waals surface area contributed by atoms with Gasteiger partial charge in [-0.05, 0) is 23.8 Å². The molecule has 1 rings (SSSR count). The van der Waals surface area contributed by atoms with E-state index in [9.17, 15) is 9.59 Å². The average molecular weight is 262 g/mol. The highest BCUT2D eigenvalue weighted by Crippen LogP contribution is 2.19. The van der Waals surface area contributed by atoms with Gasteiger partial charge in [0.05, 0.1) is 6.54 Å². The summed E-state index contributed by atoms with van der Waals surface area (Å²) in [5.41, 5.74) is 0.662. The third-order valence-corrected chi connectivity index (χ3v) is 2.20. The molecule has 0 saturated heterocycles. The van der Waals surface area contributed by atoms with Crippen LogP contribution < -0.4 is 5.32 Å². The Bertz CT molecular complexity index is 400. The lowest BCUT2D eigenvalue weighted by Gasteiger charge is -2.03. The molecule has 0 spiro atoms. The minimum atomic E-state index is -1.22. The van der Waals surface area contributed by atoms with Crippen molar-refractivity contribution in [3.63, 3.8) is 0 Å². The molecule has 0 radical (unpaired) electrons. The van der Waals surface area contributed by atoms with Crippen LogP contribution in [0.2, 0.25) is 10.0 Å². The fraction of sp³-hybridized carbons (Fsp3) is 0.200. The summed E-state index contributed by atoms with van der Waals surface area (Å²) in [5.74, 6) is -0.249. The van der Waals surface area contributed by atoms with Gasteiger partial charge in [0.1, 0.15) is 0 Å². The van der Waals surface area contributed by atoms with Crippen LogP contribution in [0.25, 0.3) is 0 Å². The Morgan fingerprint density at radius 1 is 1.19 bits per heavy atom. The first-order chi connectivity index (χ1) is 7.47. The molecule has 6 heteroatoms. The number of halogens is 2. The molecular weight excluding hydrogens is 253 g/mol. The summed E-state index contributed by atoms with van der Waals surface area (Å²) < 4.78 is 0. The molecule has 1 amide bonds. The van der Waals surface area contributed by atoms with Gasteiger partial charge in [0.15, 0.2) is 5.78 Å². The molecule has 0 aliphatic rings. The van der Waals surface area contributed by atoms with Crippen LogP contribution in [0.5, 0.6) is 0 Å². The van der Waals surface area contributed by atoms with Crippen molar-refractivity contribution in [1.82, 2.24) is 5.32 Å². The Morgan fingerprint density at radius 3 is 2.25 bits per heavy atom. The summed E-state index contributed by atoms with van der Waals surface area (Å²) in [5, 5.41) is 11.2. The van der Waals surface area contributed by atoms with E-state index in [-0.39, 0.29) is 18.7 Å². The summed E-state index contributed by atoms with van der Waals surface area (Å²) >= 11 is 11.5. The van der Waals surface area contributed by atoms with Gasteiger partial charge in [-0.2, -0.15) is 0 Å². The first-order valence-corrected chi connectivity index (χ1v) is 5.16. The van der Waals surface area contributed by atoms with E-state index in [4.69, 9.17) is 28.3 Å². The molecule has 0 aromatic heterocycles. The fourth-order valence-electron chi connectivity index (χ4n) is 1.18. The molecule has 0 saturated carbocycles. The minimum Gasteiger partial charge on any atom is -0.465 e. The summed E-state index contributed by atoms with van der Waals surface area (Å²) in [4.78, 5) is 21.5. The molecule has 16 heavy (non-hydrogen) atoms. The first kappa shape index (κ1) is 12.8. The van der Waals surface area contributed by atoms with Crippen molar-refractivity contribution in [1.29, 1.82) is 0 Å². The van der Waals surface area contributed by atoms with E-state index in [0.29, 0.717) is 15.6 Å². The Hall–Kier alpha value is -1.26. The van der Waals surface area contributed by atoms with E-state index in [2.05, 4.69) is 0 Å². The smallest absolute Gasteiger partial charge is 0.405 e. The summed E-state index contributed by atoms with van der Waals surface area (Å²) in [6.45, 7) is -0.223. The number of benzene rings is 1. The molecule has 0 atom stereocenters. The van der Waals surface area contributed by atoms with E-state index in [1.807, 2.05) is 5.32 Å². The Morgan fingerprint density at radius 2 is 1.75 bits per heavy atom. The number of hydrogen-bond acceptors (Lipinski definition) is 2. The molecule has 86 valence electrons. The van der Waals surface area contributed by atoms with E-state index >= 15 is 0 Å². The number of ketones is 1. The monoisotopic (exact) mass is 261 g/mol. The van der Waals surface area contributed by atoms with Crippen molar-refractivity contribution in [2.75, 3.05) is 6.54 Å². The highest BCUT2D eigenvalue weighted by Gasteiger charge is 2.06. The van der Waals surface area contributed by atoms with Crippen molar-refractivity contribution in [3.05, 3.63) is 33.8 Å². The molecule has 0 unspecified atom stereocenters. The number of carbonyl (C=O) groups is 2. The second kappa shape index (κ2) is 5.72. The molecule has 0 bridgehead atoms. The van der Waals surface area contributed by atoms with E-state index < -0.39 is 6.09 Å². The molecule has 1 aromatic rings. The van der Waals surface area contributed by atoms with Gasteiger partial charge < -0.3 is 10.4 Å². The van der Waals surface area contributed by atoms with Crippen molar-refractivity contribution >= 4 is 35.1 Å². The Labute approximate surface area is 102 Å². The quantitative estimate of drug-likeness (QED) is 0.875. The molecule has 0 heterocycles. The van der Waals surface area contributed by atoms with Crippen molar-refractivity contribution in [3.8, 4) is 0 Å². The summed E-state index contributed by atoms with van der Waals surface area (Å²) in [6, 6.07) is 4.80. The molecule has 4 nitrogen and oxygen atoms in total. The number of amides is 1. The van der Waals surface area contributed by atoms with Crippen LogP contribution in [-0.2, 0) is 11.2 Å². The number of nitrogens with one attached hydrogen (secondary N) is 1. The third-order valence-electron chi connectivity index (χ3n) is 1.76. The maximum Gasteiger partial charge on any atom is 0.405 e. The van der Waals surface area contributed by atoms with Crippen LogP contribution in [0.1, 0.15) is 5.56 Å². The summed E-state index contributed by atoms with van der Waals surface area (Å²) in [7, 11) is 0. The van der Waals surface area contributed by atoms with Crippen LogP contribution >= 0.6 is 23.2 Å². The highest BCUT2D eigenvalue weighted by molar-refractivity contribution is 6.34. The second-order valence-corrected chi connectivity index (χ2v) is 4.02. The molecule has 0 aliphatic carbocycles. The largest absolute Gasteiger partial charge is 0.465 e. The fourth-order valence-corrected chi connectivity index (χ4v) is 1.75. The lowest BCUT2D eigenvalue weighted by Crippen LogP contribution is -2.28. The van der Waals surface area contributed by atoms with E-state index in [1.54, 1.807) is 18.2 Å². The zero-order valence-electron chi connectivity index (χ0n) is 8.17. The molecule has 1 aromatic carbocycles. The van der Waals surface area contributed by atoms with E-state index in [1.165, 1.54) is 0 Å². The second-order valence-electron chi connectivity index (χ2n) is 3.15. The van der Waals surface area contributed by atoms with Crippen LogP contribution in [0.4, 0.5) is 4.79 Å². The van der Waals surface area contributed by atoms with Crippen LogP contribution in [-0.4, -0.2) is 23.5 Å². The molecule has 0 aliphatic heterocycles. The highest BCUT2D eigenvalue weighted by atomic mass is 35.5. The molecular formula is C10H9Cl2NO3. The molecule has 2 N–H and O–H groups in total. The molecule has 0 fully saturated rings. The lowest BCUT2D eigenvalue weighted by molar-refractivity contribution is -0.117. The predicted molar refractivity (Wildman–Crippen MR) is 61.2 cm³/mol. The number of carboxylic acid groups (broad SMARTS) is 1. The predicted octanol–water partition coefficient (Wildman–Crippen LogP) is 2.37. The van der Waals surface area contributed by atoms with Gasteiger partial charge in [-0.3, -0.25) is 4.79 Å². The normalized spacial score (nSPS) is 9.88. The van der Waals surface area contributed by atoms with Gasteiger partial charge in [0.25, 0.3) is 0 Å². The summed E-state index contributed by atoms with van der Waals surface area (Å²) in [6.07, 6.45) is -1.13. The van der Waals surface area contributed by atoms with Gasteiger partial charge in [0, 0.05) is 16.5 Å². The van der Waals surface area contributed by atoms with Gasteiger partial charge in [-0.15, -0.1) is 0 Å². The van der Waals surface area contributed by atoms with Crippen molar-refractivity contribution < 1.29 is 14.7 Å². The first-order valence-electron chi connectivity index (χ1n) is 4.41. The number of hydrogen-bond donors (Lipinski definition) is 2. The van der Waals surface area contributed by atoms with Crippen LogP contribution in [0, 0.1) is 0 Å². The van der Waals surface area contributed by atoms with Crippen LogP contribution in [0.15, 0.2) is 18.2 Å². The Kier molecular flexibility index (Phi) is 4.58. The lowest BCUT2D eigenvalue weighted by atomic mass is 10.1. The van der Waals surface area contributed by atoms with Gasteiger partial charge >= 0.3 is 6.09 Å². The zero-order chi connectivity index (χ0) is 12.1. The zero-order valence-corrected chi connectivity index (χ0v) is 9.68. The van der Waals surface area contributed by atoms with Gasteiger partial charge in [-0.25, -0.2) is 4.79 Å². The Balaban J connectivity index is 2.59. The minimum absolute atomic E-state index is 0.0978. The topological polar surface area (TPSA) is 66.4 Å². The van der Waals surface area contributed by atoms with Crippen molar-refractivity contribution in [2.45, 2.75) is 6.42 Å². The third kappa shape index (κ3) is 4.51. The standard InChI is InChI=1S/C10H9Cl2NO3/c11-7-1-6(2-8(12)4-7)3-9(14)5-13-10(15)16/h1-2,4,13H,3,5H2,(H,15,16). The maximum atomic E-state index is 11.3. The van der Waals surface area contributed by atoms with Crippen molar-refractivity contribution in [2.24, 2.45) is 0 Å². The number of rotatable bonds is 4.